The molecule has 0 aliphatic heterocycles. The number of likely N-dealkylation sites (N-methyl/N-ethyl adjacent to an activating group) is 1. The van der Waals surface area contributed by atoms with Gasteiger partial charge in [0.15, 0.2) is 6.10 Å². The van der Waals surface area contributed by atoms with Gasteiger partial charge in [-0.15, -0.1) is 11.3 Å². The van der Waals surface area contributed by atoms with Crippen LogP contribution in [-0.4, -0.2) is 25.0 Å². The molecule has 0 radical (unpaired) electrons. The summed E-state index contributed by atoms with van der Waals surface area (Å²) in [5.74, 6) is 0.605. The number of thiazole rings is 1. The van der Waals surface area contributed by atoms with E-state index in [0.29, 0.717) is 5.69 Å². The van der Waals surface area contributed by atoms with E-state index in [0.717, 1.165) is 32.3 Å². The molecule has 3 rings (SSSR count). The lowest BCUT2D eigenvalue weighted by Gasteiger charge is -2.14. The van der Waals surface area contributed by atoms with Gasteiger partial charge in [-0.3, -0.25) is 4.79 Å². The highest BCUT2D eigenvalue weighted by Gasteiger charge is 2.27. The first-order chi connectivity index (χ1) is 13.5. The quantitative estimate of drug-likeness (QED) is 0.641. The number of hydrogen-bond donors (Lipinski definition) is 1. The smallest absolute Gasteiger partial charge is 0.254 e. The molecule has 28 heavy (non-hydrogen) atoms. The zero-order valence-corrected chi connectivity index (χ0v) is 17.3. The summed E-state index contributed by atoms with van der Waals surface area (Å²) in [7, 11) is 3.12. The lowest BCUT2D eigenvalue weighted by atomic mass is 10.1. The van der Waals surface area contributed by atoms with Gasteiger partial charge in [-0.2, -0.15) is 0 Å². The van der Waals surface area contributed by atoms with Crippen LogP contribution in [0.3, 0.4) is 0 Å². The Morgan fingerprint density at radius 1 is 1.18 bits per heavy atom. The molecule has 5 nitrogen and oxygen atoms in total. The van der Waals surface area contributed by atoms with Crippen LogP contribution < -0.4 is 10.1 Å². The standard InChI is InChI=1S/C22H24N2O3S/c1-14-10-11-15(2)18(12-14)27-13-17-20(19(26-4)21(25)23-3)28-22(24-17)16-8-6-5-7-9-16/h5-12,19H,13H2,1-4H3,(H,23,25). The minimum Gasteiger partial charge on any atom is -0.487 e. The van der Waals surface area contributed by atoms with Crippen molar-refractivity contribution in [2.45, 2.75) is 26.6 Å². The number of rotatable bonds is 7. The number of carbonyl (C=O) groups excluding carboxylic acids is 1. The van der Waals surface area contributed by atoms with E-state index in [1.807, 2.05) is 56.3 Å². The number of nitrogens with zero attached hydrogens (tertiary/aromatic N) is 1. The third-order valence-electron chi connectivity index (χ3n) is 4.41. The van der Waals surface area contributed by atoms with Gasteiger partial charge in [-0.05, 0) is 31.0 Å². The van der Waals surface area contributed by atoms with Crippen molar-refractivity contribution in [2.24, 2.45) is 0 Å². The van der Waals surface area contributed by atoms with Crippen LogP contribution in [0.5, 0.6) is 5.75 Å². The van der Waals surface area contributed by atoms with E-state index < -0.39 is 6.10 Å². The van der Waals surface area contributed by atoms with Gasteiger partial charge >= 0.3 is 0 Å². The second-order valence-electron chi connectivity index (χ2n) is 6.48. The van der Waals surface area contributed by atoms with E-state index in [1.165, 1.54) is 18.4 Å². The zero-order valence-electron chi connectivity index (χ0n) is 16.5. The van der Waals surface area contributed by atoms with Gasteiger partial charge < -0.3 is 14.8 Å². The van der Waals surface area contributed by atoms with Crippen molar-refractivity contribution in [3.63, 3.8) is 0 Å². The van der Waals surface area contributed by atoms with Gasteiger partial charge in [0.1, 0.15) is 17.4 Å². The Morgan fingerprint density at radius 3 is 2.61 bits per heavy atom. The van der Waals surface area contributed by atoms with Crippen molar-refractivity contribution in [3.8, 4) is 16.3 Å². The van der Waals surface area contributed by atoms with Crippen molar-refractivity contribution in [1.82, 2.24) is 10.3 Å². The maximum absolute atomic E-state index is 12.3. The Bertz CT molecular complexity index is 954. The fourth-order valence-corrected chi connectivity index (χ4v) is 4.00. The number of carbonyl (C=O) groups is 1. The van der Waals surface area contributed by atoms with Crippen LogP contribution >= 0.6 is 11.3 Å². The number of methoxy groups -OCH3 is 1. The molecular weight excluding hydrogens is 372 g/mol. The molecule has 1 N–H and O–H groups in total. The lowest BCUT2D eigenvalue weighted by molar-refractivity contribution is -0.130. The maximum Gasteiger partial charge on any atom is 0.254 e. The summed E-state index contributed by atoms with van der Waals surface area (Å²) in [6.45, 7) is 4.30. The first-order valence-electron chi connectivity index (χ1n) is 9.03. The van der Waals surface area contributed by atoms with Crippen LogP contribution in [0.4, 0.5) is 0 Å². The third kappa shape index (κ3) is 4.40. The summed E-state index contributed by atoms with van der Waals surface area (Å²) >= 11 is 1.45. The molecule has 0 aliphatic rings. The van der Waals surface area contributed by atoms with Crippen molar-refractivity contribution >= 4 is 17.2 Å². The van der Waals surface area contributed by atoms with Crippen molar-refractivity contribution < 1.29 is 14.3 Å². The van der Waals surface area contributed by atoms with Crippen molar-refractivity contribution in [2.75, 3.05) is 14.2 Å². The van der Waals surface area contributed by atoms with Gasteiger partial charge in [0, 0.05) is 19.7 Å². The predicted molar refractivity (Wildman–Crippen MR) is 112 cm³/mol. The fourth-order valence-electron chi connectivity index (χ4n) is 2.85. The fraction of sp³-hybridized carbons (Fsp3) is 0.273. The van der Waals surface area contributed by atoms with E-state index in [-0.39, 0.29) is 12.5 Å². The van der Waals surface area contributed by atoms with E-state index in [2.05, 4.69) is 11.4 Å². The minimum atomic E-state index is -0.725. The first-order valence-corrected chi connectivity index (χ1v) is 9.84. The first kappa shape index (κ1) is 20.0. The lowest BCUT2D eigenvalue weighted by Crippen LogP contribution is -2.27. The van der Waals surface area contributed by atoms with Crippen LogP contribution in [0, 0.1) is 13.8 Å². The number of aromatic nitrogens is 1. The number of nitrogens with one attached hydrogen (secondary N) is 1. The highest BCUT2D eigenvalue weighted by Crippen LogP contribution is 2.34. The second-order valence-corrected chi connectivity index (χ2v) is 7.51. The SMILES string of the molecule is CNC(=O)C(OC)c1sc(-c2ccccc2)nc1COc1cc(C)ccc1C. The van der Waals surface area contributed by atoms with Gasteiger partial charge in [-0.1, -0.05) is 42.5 Å². The Morgan fingerprint density at radius 2 is 1.93 bits per heavy atom. The molecule has 0 aliphatic carbocycles. The molecule has 1 aromatic heterocycles. The number of hydrogen-bond acceptors (Lipinski definition) is 5. The number of amides is 1. The predicted octanol–water partition coefficient (Wildman–Crippen LogP) is 4.44. The summed E-state index contributed by atoms with van der Waals surface area (Å²) in [5.41, 5.74) is 3.89. The number of aryl methyl sites for hydroxylation is 2. The second kappa shape index (κ2) is 8.99. The molecule has 3 aromatic rings. The molecule has 2 aromatic carbocycles. The van der Waals surface area contributed by atoms with Gasteiger partial charge in [0.25, 0.3) is 5.91 Å². The van der Waals surface area contributed by atoms with Crippen LogP contribution in [0.1, 0.15) is 27.8 Å². The molecule has 1 unspecified atom stereocenters. The van der Waals surface area contributed by atoms with Crippen LogP contribution in [-0.2, 0) is 16.1 Å². The number of benzene rings is 2. The summed E-state index contributed by atoms with van der Waals surface area (Å²) in [6.07, 6.45) is -0.725. The molecule has 0 saturated heterocycles. The molecule has 146 valence electrons. The molecule has 0 spiro atoms. The van der Waals surface area contributed by atoms with Gasteiger partial charge in [-0.25, -0.2) is 4.98 Å². The van der Waals surface area contributed by atoms with E-state index in [4.69, 9.17) is 14.5 Å². The average Bonchev–Trinajstić information content (AvgIpc) is 3.13. The summed E-state index contributed by atoms with van der Waals surface area (Å²) in [6, 6.07) is 16.0. The van der Waals surface area contributed by atoms with Crippen molar-refractivity contribution in [3.05, 3.63) is 70.2 Å². The Hall–Kier alpha value is -2.70. The van der Waals surface area contributed by atoms with Crippen LogP contribution in [0.2, 0.25) is 0 Å². The molecule has 0 fully saturated rings. The van der Waals surface area contributed by atoms with Gasteiger partial charge in [0.05, 0.1) is 10.6 Å². The minimum absolute atomic E-state index is 0.209. The largest absolute Gasteiger partial charge is 0.487 e. The summed E-state index contributed by atoms with van der Waals surface area (Å²) in [5, 5.41) is 3.49. The molecular formula is C22H24N2O3S. The molecule has 1 amide bonds. The third-order valence-corrected chi connectivity index (χ3v) is 5.60. The maximum atomic E-state index is 12.3. The molecule has 0 bridgehead atoms. The monoisotopic (exact) mass is 396 g/mol. The van der Waals surface area contributed by atoms with E-state index in [9.17, 15) is 4.79 Å². The van der Waals surface area contributed by atoms with E-state index >= 15 is 0 Å². The zero-order chi connectivity index (χ0) is 20.1. The van der Waals surface area contributed by atoms with Crippen LogP contribution in [0.25, 0.3) is 10.6 Å². The highest BCUT2D eigenvalue weighted by molar-refractivity contribution is 7.15. The Balaban J connectivity index is 1.96. The Labute approximate surface area is 169 Å². The van der Waals surface area contributed by atoms with Crippen molar-refractivity contribution in [1.29, 1.82) is 0 Å². The Kier molecular flexibility index (Phi) is 6.44. The topological polar surface area (TPSA) is 60.5 Å². The van der Waals surface area contributed by atoms with Gasteiger partial charge in [0.2, 0.25) is 0 Å². The molecule has 1 heterocycles. The summed E-state index contributed by atoms with van der Waals surface area (Å²) < 4.78 is 11.5. The summed E-state index contributed by atoms with van der Waals surface area (Å²) in [4.78, 5) is 17.8. The molecule has 0 saturated carbocycles. The highest BCUT2D eigenvalue weighted by atomic mass is 32.1. The van der Waals surface area contributed by atoms with E-state index in [1.54, 1.807) is 7.05 Å². The molecule has 1 atom stereocenters. The normalized spacial score (nSPS) is 11.9. The molecule has 6 heteroatoms. The average molecular weight is 397 g/mol. The van der Waals surface area contributed by atoms with Crippen LogP contribution in [0.15, 0.2) is 48.5 Å². The number of ether oxygens (including phenoxy) is 2.